The van der Waals surface area contributed by atoms with Gasteiger partial charge in [0.2, 0.25) is 0 Å². The van der Waals surface area contributed by atoms with Crippen molar-refractivity contribution in [3.8, 4) is 5.75 Å². The lowest BCUT2D eigenvalue weighted by molar-refractivity contribution is -0.00280. The van der Waals surface area contributed by atoms with Gasteiger partial charge < -0.3 is 14.6 Å². The first-order valence-electron chi connectivity index (χ1n) is 7.80. The van der Waals surface area contributed by atoms with Crippen LogP contribution in [0.3, 0.4) is 0 Å². The van der Waals surface area contributed by atoms with Gasteiger partial charge in [0.1, 0.15) is 18.2 Å². The summed E-state index contributed by atoms with van der Waals surface area (Å²) >= 11 is 0. The van der Waals surface area contributed by atoms with Gasteiger partial charge in [-0.25, -0.2) is 4.39 Å². The number of nitrogens with zero attached hydrogens (tertiary/aromatic N) is 1. The molecule has 0 aromatic heterocycles. The molecule has 22 heavy (non-hydrogen) atoms. The maximum absolute atomic E-state index is 12.7. The number of ether oxygens (including phenoxy) is 2. The van der Waals surface area contributed by atoms with Crippen molar-refractivity contribution < 1.29 is 19.0 Å². The van der Waals surface area contributed by atoms with E-state index in [2.05, 4.69) is 32.6 Å². The zero-order chi connectivity index (χ0) is 16.5. The molecule has 1 rings (SSSR count). The quantitative estimate of drug-likeness (QED) is 0.674. The largest absolute Gasteiger partial charge is 0.491 e. The zero-order valence-corrected chi connectivity index (χ0v) is 14.0. The fraction of sp³-hybridized carbons (Fsp3) is 0.647. The average Bonchev–Trinajstić information content (AvgIpc) is 2.45. The number of aliphatic hydroxyl groups excluding tert-OH is 1. The van der Waals surface area contributed by atoms with Crippen LogP contribution in [0.25, 0.3) is 0 Å². The normalized spacial score (nSPS) is 13.1. The minimum atomic E-state index is -0.518. The van der Waals surface area contributed by atoms with Crippen molar-refractivity contribution in [2.24, 2.45) is 0 Å². The van der Waals surface area contributed by atoms with Gasteiger partial charge in [-0.3, -0.25) is 4.90 Å². The third-order valence-electron chi connectivity index (χ3n) is 3.37. The standard InChI is InChI=1S/C17H28FNO3/c1-13(2)19(14(3)4)11-16(20)12-21-9-10-22-17-7-5-15(18)6-8-17/h5-8,13-14,16,20H,9-12H2,1-4H3/t16-/m1/s1. The molecular formula is C17H28FNO3. The summed E-state index contributed by atoms with van der Waals surface area (Å²) in [4.78, 5) is 2.23. The molecule has 0 unspecified atom stereocenters. The van der Waals surface area contributed by atoms with Crippen LogP contribution in [0, 0.1) is 5.82 Å². The van der Waals surface area contributed by atoms with Gasteiger partial charge in [0.15, 0.2) is 0 Å². The average molecular weight is 313 g/mol. The van der Waals surface area contributed by atoms with Crippen LogP contribution in [0.5, 0.6) is 5.75 Å². The van der Waals surface area contributed by atoms with E-state index >= 15 is 0 Å². The lowest BCUT2D eigenvalue weighted by Crippen LogP contribution is -2.43. The van der Waals surface area contributed by atoms with Gasteiger partial charge in [-0.15, -0.1) is 0 Å². The van der Waals surface area contributed by atoms with E-state index in [4.69, 9.17) is 9.47 Å². The summed E-state index contributed by atoms with van der Waals surface area (Å²) in [5.41, 5.74) is 0. The minimum absolute atomic E-state index is 0.280. The first-order valence-corrected chi connectivity index (χ1v) is 7.80. The second kappa shape index (κ2) is 9.77. The van der Waals surface area contributed by atoms with E-state index in [1.165, 1.54) is 12.1 Å². The molecule has 1 aromatic rings. The summed E-state index contributed by atoms with van der Waals surface area (Å²) in [6, 6.07) is 6.63. The highest BCUT2D eigenvalue weighted by Crippen LogP contribution is 2.10. The van der Waals surface area contributed by atoms with Gasteiger partial charge in [0, 0.05) is 18.6 Å². The Kier molecular flexibility index (Phi) is 8.38. The maximum atomic E-state index is 12.7. The summed E-state index contributed by atoms with van der Waals surface area (Å²) in [5, 5.41) is 10.0. The predicted molar refractivity (Wildman–Crippen MR) is 85.7 cm³/mol. The number of aliphatic hydroxyl groups is 1. The molecule has 0 radical (unpaired) electrons. The van der Waals surface area contributed by atoms with E-state index in [0.29, 0.717) is 37.6 Å². The van der Waals surface area contributed by atoms with Crippen LogP contribution in [0.2, 0.25) is 0 Å². The molecule has 0 saturated heterocycles. The van der Waals surface area contributed by atoms with E-state index in [-0.39, 0.29) is 12.4 Å². The van der Waals surface area contributed by atoms with Crippen molar-refractivity contribution >= 4 is 0 Å². The molecule has 126 valence electrons. The first-order chi connectivity index (χ1) is 10.4. The molecule has 1 atom stereocenters. The first kappa shape index (κ1) is 18.9. The van der Waals surface area contributed by atoms with Crippen molar-refractivity contribution in [3.63, 3.8) is 0 Å². The third-order valence-corrected chi connectivity index (χ3v) is 3.37. The molecule has 0 heterocycles. The van der Waals surface area contributed by atoms with E-state index in [1.807, 2.05) is 0 Å². The number of hydrogen-bond acceptors (Lipinski definition) is 4. The Morgan fingerprint density at radius 3 is 2.18 bits per heavy atom. The Bertz CT molecular complexity index is 401. The Balaban J connectivity index is 2.17. The Morgan fingerprint density at radius 1 is 1.05 bits per heavy atom. The Hall–Kier alpha value is -1.17. The molecule has 0 fully saturated rings. The lowest BCUT2D eigenvalue weighted by atomic mass is 10.2. The number of halogens is 1. The van der Waals surface area contributed by atoms with Crippen LogP contribution >= 0.6 is 0 Å². The molecule has 1 N–H and O–H groups in total. The summed E-state index contributed by atoms with van der Waals surface area (Å²) < 4.78 is 23.6. The van der Waals surface area contributed by atoms with Gasteiger partial charge >= 0.3 is 0 Å². The predicted octanol–water partition coefficient (Wildman–Crippen LogP) is 2.70. The van der Waals surface area contributed by atoms with Crippen molar-refractivity contribution in [1.82, 2.24) is 4.90 Å². The van der Waals surface area contributed by atoms with Gasteiger partial charge in [-0.1, -0.05) is 0 Å². The van der Waals surface area contributed by atoms with Crippen molar-refractivity contribution in [3.05, 3.63) is 30.1 Å². The van der Waals surface area contributed by atoms with Crippen molar-refractivity contribution in [1.29, 1.82) is 0 Å². The molecule has 5 heteroatoms. The molecule has 0 bridgehead atoms. The molecule has 0 saturated carbocycles. The van der Waals surface area contributed by atoms with Crippen LogP contribution in [0.15, 0.2) is 24.3 Å². The molecule has 0 aliphatic heterocycles. The molecule has 4 nitrogen and oxygen atoms in total. The van der Waals surface area contributed by atoms with Crippen LogP contribution in [0.1, 0.15) is 27.7 Å². The highest BCUT2D eigenvalue weighted by molar-refractivity contribution is 5.21. The minimum Gasteiger partial charge on any atom is -0.491 e. The zero-order valence-electron chi connectivity index (χ0n) is 14.0. The highest BCUT2D eigenvalue weighted by atomic mass is 19.1. The number of benzene rings is 1. The van der Waals surface area contributed by atoms with E-state index in [1.54, 1.807) is 12.1 Å². The van der Waals surface area contributed by atoms with Gasteiger partial charge in [0.05, 0.1) is 19.3 Å². The second-order valence-electron chi connectivity index (χ2n) is 5.92. The van der Waals surface area contributed by atoms with Crippen molar-refractivity contribution in [2.45, 2.75) is 45.9 Å². The van der Waals surface area contributed by atoms with Crippen LogP contribution in [-0.2, 0) is 4.74 Å². The smallest absolute Gasteiger partial charge is 0.123 e. The number of hydrogen-bond donors (Lipinski definition) is 1. The van der Waals surface area contributed by atoms with Gasteiger partial charge in [-0.2, -0.15) is 0 Å². The van der Waals surface area contributed by atoms with Crippen LogP contribution < -0.4 is 4.74 Å². The SMILES string of the molecule is CC(C)N(C[C@@H](O)COCCOc1ccc(F)cc1)C(C)C. The van der Waals surface area contributed by atoms with Gasteiger partial charge in [-0.05, 0) is 52.0 Å². The molecule has 1 aromatic carbocycles. The Morgan fingerprint density at radius 2 is 1.64 bits per heavy atom. The summed E-state index contributed by atoms with van der Waals surface area (Å²) in [6.07, 6.45) is -0.518. The van der Waals surface area contributed by atoms with E-state index in [9.17, 15) is 9.50 Å². The molecule has 0 spiro atoms. The fourth-order valence-corrected chi connectivity index (χ4v) is 2.28. The van der Waals surface area contributed by atoms with E-state index in [0.717, 1.165) is 0 Å². The summed E-state index contributed by atoms with van der Waals surface area (Å²) in [6.45, 7) is 10.1. The van der Waals surface area contributed by atoms with E-state index < -0.39 is 6.10 Å². The lowest BCUT2D eigenvalue weighted by Gasteiger charge is -2.32. The van der Waals surface area contributed by atoms with Crippen LogP contribution in [-0.4, -0.2) is 54.6 Å². The molecular weight excluding hydrogens is 285 g/mol. The van der Waals surface area contributed by atoms with Crippen molar-refractivity contribution in [2.75, 3.05) is 26.4 Å². The molecule has 0 amide bonds. The topological polar surface area (TPSA) is 41.9 Å². The monoisotopic (exact) mass is 313 g/mol. The Labute approximate surface area is 132 Å². The highest BCUT2D eigenvalue weighted by Gasteiger charge is 2.17. The summed E-state index contributed by atoms with van der Waals surface area (Å²) in [7, 11) is 0. The molecule has 0 aliphatic carbocycles. The number of rotatable bonds is 10. The second-order valence-corrected chi connectivity index (χ2v) is 5.92. The summed E-state index contributed by atoms with van der Waals surface area (Å²) in [5.74, 6) is 0.322. The fourth-order valence-electron chi connectivity index (χ4n) is 2.28. The molecule has 0 aliphatic rings. The third kappa shape index (κ3) is 7.20. The maximum Gasteiger partial charge on any atom is 0.123 e. The van der Waals surface area contributed by atoms with Gasteiger partial charge in [0.25, 0.3) is 0 Å². The van der Waals surface area contributed by atoms with Crippen LogP contribution in [0.4, 0.5) is 4.39 Å².